The lowest BCUT2D eigenvalue weighted by atomic mass is 10.1. The maximum Gasteiger partial charge on any atom is 0.0466 e. The summed E-state index contributed by atoms with van der Waals surface area (Å²) in [5.41, 5.74) is 2.64. The highest BCUT2D eigenvalue weighted by Gasteiger charge is 2.13. The molecule has 0 heterocycles. The van der Waals surface area contributed by atoms with E-state index in [4.69, 9.17) is 0 Å². The van der Waals surface area contributed by atoms with E-state index in [1.54, 1.807) is 0 Å². The second-order valence-electron chi connectivity index (χ2n) is 6.58. The zero-order chi connectivity index (χ0) is 16.4. The van der Waals surface area contributed by atoms with Crippen LogP contribution in [0, 0.1) is 0 Å². The number of hydrogen-bond donors (Lipinski definition) is 1. The molecule has 1 atom stereocenters. The maximum atomic E-state index is 3.63. The van der Waals surface area contributed by atoms with E-state index in [9.17, 15) is 0 Å². The van der Waals surface area contributed by atoms with Crippen LogP contribution in [0.5, 0.6) is 0 Å². The van der Waals surface area contributed by atoms with Gasteiger partial charge in [-0.1, -0.05) is 44.7 Å². The fourth-order valence-electron chi connectivity index (χ4n) is 2.69. The third-order valence-corrected chi connectivity index (χ3v) is 4.21. The summed E-state index contributed by atoms with van der Waals surface area (Å²) in [5.74, 6) is 0. The summed E-state index contributed by atoms with van der Waals surface area (Å²) in [5, 5.41) is 3.63. The average Bonchev–Trinajstić information content (AvgIpc) is 2.50. The van der Waals surface area contributed by atoms with Gasteiger partial charge in [-0.15, -0.1) is 0 Å². The Morgan fingerprint density at radius 3 is 2.09 bits per heavy atom. The number of nitrogens with one attached hydrogen (secondary N) is 1. The van der Waals surface area contributed by atoms with Crippen molar-refractivity contribution >= 4 is 5.69 Å². The third kappa shape index (κ3) is 6.80. The second kappa shape index (κ2) is 10.6. The van der Waals surface area contributed by atoms with Crippen LogP contribution < -0.4 is 10.2 Å². The number of anilines is 1. The van der Waals surface area contributed by atoms with E-state index in [-0.39, 0.29) is 0 Å². The Balaban J connectivity index is 2.41. The van der Waals surface area contributed by atoms with E-state index in [1.807, 2.05) is 0 Å². The smallest absolute Gasteiger partial charge is 0.0466 e. The van der Waals surface area contributed by atoms with Crippen LogP contribution >= 0.6 is 0 Å². The Kier molecular flexibility index (Phi) is 9.17. The average molecular weight is 306 g/mol. The number of nitrogens with zero attached hydrogens (tertiary/aromatic N) is 2. The summed E-state index contributed by atoms with van der Waals surface area (Å²) in [6, 6.07) is 9.35. The highest BCUT2D eigenvalue weighted by molar-refractivity contribution is 5.46. The summed E-state index contributed by atoms with van der Waals surface area (Å²) in [6.07, 6.45) is 6.71. The molecule has 0 aliphatic carbocycles. The van der Waals surface area contributed by atoms with Crippen LogP contribution in [0.15, 0.2) is 24.3 Å². The molecule has 126 valence electrons. The van der Waals surface area contributed by atoms with Gasteiger partial charge in [-0.3, -0.25) is 0 Å². The van der Waals surface area contributed by atoms with Gasteiger partial charge in [0.25, 0.3) is 0 Å². The van der Waals surface area contributed by atoms with E-state index in [1.165, 1.54) is 43.4 Å². The second-order valence-corrected chi connectivity index (χ2v) is 6.58. The van der Waals surface area contributed by atoms with Crippen molar-refractivity contribution < 1.29 is 0 Å². The predicted octanol–water partition coefficient (Wildman–Crippen LogP) is 3.92. The van der Waals surface area contributed by atoms with E-state index >= 15 is 0 Å². The van der Waals surface area contributed by atoms with E-state index in [0.29, 0.717) is 6.04 Å². The summed E-state index contributed by atoms with van der Waals surface area (Å²) >= 11 is 0. The number of benzene rings is 1. The molecule has 0 saturated carbocycles. The third-order valence-electron chi connectivity index (χ3n) is 4.21. The van der Waals surface area contributed by atoms with E-state index < -0.39 is 0 Å². The van der Waals surface area contributed by atoms with Gasteiger partial charge < -0.3 is 15.1 Å². The van der Waals surface area contributed by atoms with Crippen molar-refractivity contribution in [3.63, 3.8) is 0 Å². The maximum absolute atomic E-state index is 3.63. The number of likely N-dealkylation sites (N-methyl/N-ethyl adjacent to an activating group) is 1. The highest BCUT2D eigenvalue weighted by atomic mass is 15.1. The molecule has 3 nitrogen and oxygen atoms in total. The molecule has 22 heavy (non-hydrogen) atoms. The van der Waals surface area contributed by atoms with Gasteiger partial charge in [0.1, 0.15) is 0 Å². The molecule has 0 spiro atoms. The Hall–Kier alpha value is -1.06. The molecular weight excluding hydrogens is 270 g/mol. The fourth-order valence-corrected chi connectivity index (χ4v) is 2.69. The minimum absolute atomic E-state index is 0.437. The van der Waals surface area contributed by atoms with Gasteiger partial charge >= 0.3 is 0 Å². The van der Waals surface area contributed by atoms with Gasteiger partial charge in [-0.25, -0.2) is 0 Å². The normalized spacial score (nSPS) is 12.6. The first-order valence-electron chi connectivity index (χ1n) is 8.70. The molecule has 0 fully saturated rings. The minimum Gasteiger partial charge on any atom is -0.378 e. The molecule has 0 amide bonds. The molecule has 0 saturated heterocycles. The van der Waals surface area contributed by atoms with Crippen molar-refractivity contribution in [2.75, 3.05) is 46.2 Å². The molecule has 1 unspecified atom stereocenters. The molecule has 1 N–H and O–H groups in total. The van der Waals surface area contributed by atoms with Crippen molar-refractivity contribution in [3.05, 3.63) is 29.8 Å². The predicted molar refractivity (Wildman–Crippen MR) is 98.8 cm³/mol. The molecule has 0 aromatic heterocycles. The SMILES string of the molecule is CCCCCCCNCC(c1ccc(N(C)C)cc1)N(C)C. The largest absolute Gasteiger partial charge is 0.378 e. The summed E-state index contributed by atoms with van der Waals surface area (Å²) in [6.45, 7) is 4.41. The zero-order valence-corrected chi connectivity index (χ0v) is 15.2. The van der Waals surface area contributed by atoms with Crippen LogP contribution in [0.2, 0.25) is 0 Å². The van der Waals surface area contributed by atoms with Crippen molar-refractivity contribution in [1.82, 2.24) is 10.2 Å². The summed E-state index contributed by atoms with van der Waals surface area (Å²) in [7, 11) is 8.48. The number of hydrogen-bond acceptors (Lipinski definition) is 3. The summed E-state index contributed by atoms with van der Waals surface area (Å²) < 4.78 is 0. The molecule has 3 heteroatoms. The topological polar surface area (TPSA) is 18.5 Å². The molecule has 1 aromatic rings. The lowest BCUT2D eigenvalue weighted by Gasteiger charge is -2.26. The highest BCUT2D eigenvalue weighted by Crippen LogP contribution is 2.20. The van der Waals surface area contributed by atoms with Gasteiger partial charge in [0.2, 0.25) is 0 Å². The first kappa shape index (κ1) is 19.0. The Morgan fingerprint density at radius 1 is 0.909 bits per heavy atom. The van der Waals surface area contributed by atoms with Gasteiger partial charge in [-0.2, -0.15) is 0 Å². The van der Waals surface area contributed by atoms with Crippen molar-refractivity contribution in [3.8, 4) is 0 Å². The fraction of sp³-hybridized carbons (Fsp3) is 0.684. The van der Waals surface area contributed by atoms with Crippen molar-refractivity contribution in [2.24, 2.45) is 0 Å². The van der Waals surface area contributed by atoms with Gasteiger partial charge in [-0.05, 0) is 44.8 Å². The molecule has 0 bridgehead atoms. The first-order valence-corrected chi connectivity index (χ1v) is 8.70. The van der Waals surface area contributed by atoms with Gasteiger partial charge in [0.15, 0.2) is 0 Å². The monoisotopic (exact) mass is 305 g/mol. The lowest BCUT2D eigenvalue weighted by Crippen LogP contribution is -2.31. The van der Waals surface area contributed by atoms with Crippen LogP contribution in [-0.4, -0.2) is 46.2 Å². The van der Waals surface area contributed by atoms with Crippen LogP contribution in [0.1, 0.15) is 50.6 Å². The van der Waals surface area contributed by atoms with Crippen LogP contribution in [-0.2, 0) is 0 Å². The molecule has 1 aromatic carbocycles. The van der Waals surface area contributed by atoms with Gasteiger partial charge in [0.05, 0.1) is 0 Å². The Morgan fingerprint density at radius 2 is 1.55 bits per heavy atom. The quantitative estimate of drug-likeness (QED) is 0.625. The minimum atomic E-state index is 0.437. The molecule has 0 aliphatic rings. The number of rotatable bonds is 11. The van der Waals surface area contributed by atoms with E-state index in [2.05, 4.69) is 74.5 Å². The molecule has 0 aliphatic heterocycles. The van der Waals surface area contributed by atoms with Crippen molar-refractivity contribution in [2.45, 2.75) is 45.1 Å². The molecular formula is C19H35N3. The standard InChI is InChI=1S/C19H35N3/c1-6-7-8-9-10-15-20-16-19(22(4)5)17-11-13-18(14-12-17)21(2)3/h11-14,19-20H,6-10,15-16H2,1-5H3. The molecule has 0 radical (unpaired) electrons. The van der Waals surface area contributed by atoms with Crippen LogP contribution in [0.3, 0.4) is 0 Å². The number of unbranched alkanes of at least 4 members (excludes halogenated alkanes) is 4. The summed E-state index contributed by atoms with van der Waals surface area (Å²) in [4.78, 5) is 4.44. The van der Waals surface area contributed by atoms with Gasteiger partial charge in [0, 0.05) is 32.4 Å². The Labute approximate surface area is 137 Å². The molecule has 1 rings (SSSR count). The van der Waals surface area contributed by atoms with Crippen molar-refractivity contribution in [1.29, 1.82) is 0 Å². The lowest BCUT2D eigenvalue weighted by molar-refractivity contribution is 0.288. The Bertz CT molecular complexity index is 384. The van der Waals surface area contributed by atoms with Crippen LogP contribution in [0.4, 0.5) is 5.69 Å². The van der Waals surface area contributed by atoms with Crippen LogP contribution in [0.25, 0.3) is 0 Å². The first-order chi connectivity index (χ1) is 10.6. The zero-order valence-electron chi connectivity index (χ0n) is 15.2. The van der Waals surface area contributed by atoms with E-state index in [0.717, 1.165) is 13.1 Å².